The van der Waals surface area contributed by atoms with Crippen LogP contribution in [0.1, 0.15) is 0 Å². The van der Waals surface area contributed by atoms with Gasteiger partial charge in [-0.2, -0.15) is 0 Å². The largest absolute Gasteiger partial charge is 0.395 e. The molecule has 2 aliphatic heterocycles. The van der Waals surface area contributed by atoms with Crippen LogP contribution in [0.2, 0.25) is 0 Å². The van der Waals surface area contributed by atoms with Gasteiger partial charge in [0, 0.05) is 65.1 Å². The third-order valence-electron chi connectivity index (χ3n) is 4.80. The Labute approximate surface area is 147 Å². The quantitative estimate of drug-likeness (QED) is 0.697. The lowest BCUT2D eigenvalue weighted by Crippen LogP contribution is -2.56. The van der Waals surface area contributed by atoms with E-state index in [2.05, 4.69) is 14.8 Å². The first-order valence-electron chi connectivity index (χ1n) is 8.76. The Bertz CT molecular complexity index is 581. The van der Waals surface area contributed by atoms with Crippen molar-refractivity contribution in [1.29, 1.82) is 0 Å². The highest BCUT2D eigenvalue weighted by atomic mass is 16.3. The van der Waals surface area contributed by atoms with Gasteiger partial charge in [-0.15, -0.1) is 0 Å². The summed E-state index contributed by atoms with van der Waals surface area (Å²) in [4.78, 5) is 36.8. The summed E-state index contributed by atoms with van der Waals surface area (Å²) in [5, 5.41) is 8.96. The van der Waals surface area contributed by atoms with Crippen molar-refractivity contribution in [2.45, 2.75) is 0 Å². The van der Waals surface area contributed by atoms with Crippen molar-refractivity contribution in [2.75, 3.05) is 70.4 Å². The molecular weight excluding hydrogens is 322 g/mol. The summed E-state index contributed by atoms with van der Waals surface area (Å²) in [6, 6.07) is 5.77. The number of aliphatic hydroxyl groups excluding tert-OH is 1. The second-order valence-electron chi connectivity index (χ2n) is 6.32. The lowest BCUT2D eigenvalue weighted by Gasteiger charge is -2.37. The number of aromatic nitrogens is 1. The Balaban J connectivity index is 1.48. The van der Waals surface area contributed by atoms with Crippen LogP contribution in [-0.2, 0) is 9.59 Å². The Morgan fingerprint density at radius 3 is 2.04 bits per heavy atom. The molecule has 25 heavy (non-hydrogen) atoms. The van der Waals surface area contributed by atoms with E-state index >= 15 is 0 Å². The van der Waals surface area contributed by atoms with Gasteiger partial charge in [-0.3, -0.25) is 14.5 Å². The molecule has 1 N–H and O–H groups in total. The molecule has 3 rings (SSSR count). The van der Waals surface area contributed by atoms with Crippen LogP contribution in [0.5, 0.6) is 0 Å². The standard InChI is InChI=1S/C17H25N5O3/c23-14-13-19-5-7-21(8-6-19)16(24)17(25)22-11-9-20(10-12-22)15-3-1-2-4-18-15/h1-4,23H,5-14H2. The van der Waals surface area contributed by atoms with E-state index in [-0.39, 0.29) is 6.61 Å². The average molecular weight is 347 g/mol. The maximum atomic E-state index is 12.5. The van der Waals surface area contributed by atoms with Crippen molar-refractivity contribution in [2.24, 2.45) is 0 Å². The number of aliphatic hydroxyl groups is 1. The summed E-state index contributed by atoms with van der Waals surface area (Å²) < 4.78 is 0. The lowest BCUT2D eigenvalue weighted by molar-refractivity contribution is -0.153. The molecule has 2 saturated heterocycles. The van der Waals surface area contributed by atoms with Gasteiger partial charge in [-0.05, 0) is 12.1 Å². The second-order valence-corrected chi connectivity index (χ2v) is 6.32. The molecule has 8 nitrogen and oxygen atoms in total. The Morgan fingerprint density at radius 2 is 1.52 bits per heavy atom. The number of anilines is 1. The number of piperazine rings is 2. The van der Waals surface area contributed by atoms with Gasteiger partial charge in [0.2, 0.25) is 0 Å². The number of β-amino-alcohol motifs (C(OH)–C–C–N with tert-alkyl or cyclic N) is 1. The average Bonchev–Trinajstić information content (AvgIpc) is 2.68. The van der Waals surface area contributed by atoms with Crippen LogP contribution >= 0.6 is 0 Å². The molecule has 0 aromatic carbocycles. The SMILES string of the molecule is O=C(C(=O)N1CCN(c2ccccn2)CC1)N1CCN(CCO)CC1. The van der Waals surface area contributed by atoms with Crippen LogP contribution in [-0.4, -0.2) is 102 Å². The number of amides is 2. The minimum Gasteiger partial charge on any atom is -0.395 e. The van der Waals surface area contributed by atoms with E-state index in [9.17, 15) is 9.59 Å². The molecule has 1 aromatic heterocycles. The summed E-state index contributed by atoms with van der Waals surface area (Å²) in [7, 11) is 0. The first-order chi connectivity index (χ1) is 12.2. The maximum absolute atomic E-state index is 12.5. The van der Waals surface area contributed by atoms with Gasteiger partial charge < -0.3 is 19.8 Å². The highest BCUT2D eigenvalue weighted by molar-refractivity contribution is 6.34. The van der Waals surface area contributed by atoms with Gasteiger partial charge >= 0.3 is 11.8 Å². The van der Waals surface area contributed by atoms with Crippen LogP contribution in [0.4, 0.5) is 5.82 Å². The monoisotopic (exact) mass is 347 g/mol. The van der Waals surface area contributed by atoms with E-state index in [1.807, 2.05) is 18.2 Å². The van der Waals surface area contributed by atoms with Gasteiger partial charge in [-0.25, -0.2) is 4.98 Å². The number of pyridine rings is 1. The molecule has 0 bridgehead atoms. The number of nitrogens with zero attached hydrogens (tertiary/aromatic N) is 5. The molecule has 8 heteroatoms. The highest BCUT2D eigenvalue weighted by Gasteiger charge is 2.31. The predicted molar refractivity (Wildman–Crippen MR) is 93.1 cm³/mol. The van der Waals surface area contributed by atoms with E-state index in [1.165, 1.54) is 0 Å². The fraction of sp³-hybridized carbons (Fsp3) is 0.588. The van der Waals surface area contributed by atoms with Crippen molar-refractivity contribution < 1.29 is 14.7 Å². The molecule has 0 spiro atoms. The third-order valence-corrected chi connectivity index (χ3v) is 4.80. The predicted octanol–water partition coefficient (Wildman–Crippen LogP) is -1.13. The van der Waals surface area contributed by atoms with Crippen LogP contribution in [0.3, 0.4) is 0 Å². The van der Waals surface area contributed by atoms with Gasteiger partial charge in [0.15, 0.2) is 0 Å². The summed E-state index contributed by atoms with van der Waals surface area (Å²) in [6.45, 7) is 5.65. The van der Waals surface area contributed by atoms with Gasteiger partial charge in [0.1, 0.15) is 5.82 Å². The van der Waals surface area contributed by atoms with Gasteiger partial charge in [-0.1, -0.05) is 6.07 Å². The fourth-order valence-corrected chi connectivity index (χ4v) is 3.27. The maximum Gasteiger partial charge on any atom is 0.312 e. The first kappa shape index (κ1) is 17.6. The zero-order valence-electron chi connectivity index (χ0n) is 14.4. The summed E-state index contributed by atoms with van der Waals surface area (Å²) in [5.74, 6) is 0.0899. The van der Waals surface area contributed by atoms with Crippen LogP contribution in [0, 0.1) is 0 Å². The molecule has 136 valence electrons. The number of carbonyl (C=O) groups excluding carboxylic acids is 2. The van der Waals surface area contributed by atoms with Crippen molar-refractivity contribution in [1.82, 2.24) is 19.7 Å². The fourth-order valence-electron chi connectivity index (χ4n) is 3.27. The highest BCUT2D eigenvalue weighted by Crippen LogP contribution is 2.13. The van der Waals surface area contributed by atoms with Crippen LogP contribution < -0.4 is 4.90 Å². The topological polar surface area (TPSA) is 80.2 Å². The molecule has 2 aliphatic rings. The molecule has 3 heterocycles. The zero-order valence-corrected chi connectivity index (χ0v) is 14.4. The van der Waals surface area contributed by atoms with E-state index < -0.39 is 11.8 Å². The van der Waals surface area contributed by atoms with Crippen molar-refractivity contribution >= 4 is 17.6 Å². The molecule has 0 saturated carbocycles. The summed E-state index contributed by atoms with van der Waals surface area (Å²) >= 11 is 0. The minimum atomic E-state index is -0.407. The van der Waals surface area contributed by atoms with Crippen molar-refractivity contribution in [3.05, 3.63) is 24.4 Å². The summed E-state index contributed by atoms with van der Waals surface area (Å²) in [6.07, 6.45) is 1.76. The lowest BCUT2D eigenvalue weighted by atomic mass is 10.2. The minimum absolute atomic E-state index is 0.118. The zero-order chi connectivity index (χ0) is 17.6. The van der Waals surface area contributed by atoms with Crippen LogP contribution in [0.25, 0.3) is 0 Å². The molecule has 2 fully saturated rings. The molecule has 0 atom stereocenters. The molecule has 0 aliphatic carbocycles. The molecule has 0 unspecified atom stereocenters. The van der Waals surface area contributed by atoms with E-state index in [1.54, 1.807) is 16.0 Å². The Morgan fingerprint density at radius 1 is 0.920 bits per heavy atom. The van der Waals surface area contributed by atoms with Gasteiger partial charge in [0.05, 0.1) is 6.61 Å². The molecule has 2 amide bonds. The number of rotatable bonds is 3. The normalized spacial score (nSPS) is 19.2. The van der Waals surface area contributed by atoms with E-state index in [0.29, 0.717) is 58.9 Å². The summed E-state index contributed by atoms with van der Waals surface area (Å²) in [5.41, 5.74) is 0. The van der Waals surface area contributed by atoms with Gasteiger partial charge in [0.25, 0.3) is 0 Å². The van der Waals surface area contributed by atoms with E-state index in [0.717, 1.165) is 5.82 Å². The Hall–Kier alpha value is -2.19. The second kappa shape index (κ2) is 8.26. The molecule has 0 radical (unpaired) electrons. The third kappa shape index (κ3) is 4.26. The molecule has 1 aromatic rings. The van der Waals surface area contributed by atoms with Crippen LogP contribution in [0.15, 0.2) is 24.4 Å². The smallest absolute Gasteiger partial charge is 0.312 e. The van der Waals surface area contributed by atoms with Crippen molar-refractivity contribution in [3.63, 3.8) is 0 Å². The van der Waals surface area contributed by atoms with Crippen molar-refractivity contribution in [3.8, 4) is 0 Å². The number of hydrogen-bond donors (Lipinski definition) is 1. The van der Waals surface area contributed by atoms with E-state index in [4.69, 9.17) is 5.11 Å². The number of hydrogen-bond acceptors (Lipinski definition) is 6. The first-order valence-corrected chi connectivity index (χ1v) is 8.76. The molecular formula is C17H25N5O3. The number of carbonyl (C=O) groups is 2. The Kier molecular flexibility index (Phi) is 5.83.